The fourth-order valence-electron chi connectivity index (χ4n) is 2.28. The molecule has 1 fully saturated rings. The van der Waals surface area contributed by atoms with Crippen molar-refractivity contribution in [3.63, 3.8) is 0 Å². The van der Waals surface area contributed by atoms with Crippen LogP contribution in [0.4, 0.5) is 0 Å². The van der Waals surface area contributed by atoms with Gasteiger partial charge in [-0.1, -0.05) is 12.1 Å². The third-order valence-corrected chi connectivity index (χ3v) is 3.61. The lowest BCUT2D eigenvalue weighted by Crippen LogP contribution is -2.47. The molecule has 0 bridgehead atoms. The molecular weight excluding hydrogens is 236 g/mol. The van der Waals surface area contributed by atoms with Crippen LogP contribution in [-0.2, 0) is 10.2 Å². The van der Waals surface area contributed by atoms with Crippen molar-refractivity contribution in [1.29, 1.82) is 0 Å². The summed E-state index contributed by atoms with van der Waals surface area (Å²) in [6.07, 6.45) is 0.974. The quantitative estimate of drug-likeness (QED) is 0.751. The topological polar surface area (TPSA) is 18.5 Å². The van der Waals surface area contributed by atoms with Gasteiger partial charge in [-0.15, -0.1) is 11.6 Å². The second kappa shape index (κ2) is 5.28. The maximum Gasteiger partial charge on any atom is 0.122 e. The van der Waals surface area contributed by atoms with Gasteiger partial charge in [0.1, 0.15) is 5.75 Å². The van der Waals surface area contributed by atoms with Crippen molar-refractivity contribution in [1.82, 2.24) is 0 Å². The molecule has 1 aromatic carbocycles. The minimum Gasteiger partial charge on any atom is -0.494 e. The Morgan fingerprint density at radius 1 is 1.41 bits per heavy atom. The number of benzene rings is 1. The molecule has 1 aromatic rings. The largest absolute Gasteiger partial charge is 0.494 e. The fraction of sp³-hybridized carbons (Fsp3) is 0.571. The zero-order valence-electron chi connectivity index (χ0n) is 10.5. The monoisotopic (exact) mass is 254 g/mol. The average molecular weight is 255 g/mol. The molecule has 0 N–H and O–H groups in total. The molecule has 0 amide bonds. The number of hydrogen-bond donors (Lipinski definition) is 0. The molecular formula is C14H19ClO2. The second-order valence-corrected chi connectivity index (χ2v) is 5.00. The van der Waals surface area contributed by atoms with E-state index >= 15 is 0 Å². The van der Waals surface area contributed by atoms with Gasteiger partial charge in [-0.05, 0) is 37.5 Å². The van der Waals surface area contributed by atoms with Crippen molar-refractivity contribution in [2.75, 3.05) is 25.7 Å². The molecule has 1 heterocycles. The molecule has 0 atom stereocenters. The molecule has 0 spiro atoms. The van der Waals surface area contributed by atoms with Gasteiger partial charge in [0.25, 0.3) is 0 Å². The molecule has 94 valence electrons. The van der Waals surface area contributed by atoms with Crippen molar-refractivity contribution in [2.24, 2.45) is 0 Å². The number of ether oxygens (including phenoxy) is 2. The summed E-state index contributed by atoms with van der Waals surface area (Å²) >= 11 is 5.89. The lowest BCUT2D eigenvalue weighted by atomic mass is 9.76. The Labute approximate surface area is 108 Å². The Morgan fingerprint density at radius 2 is 2.18 bits per heavy atom. The van der Waals surface area contributed by atoms with Gasteiger partial charge in [0, 0.05) is 11.3 Å². The fourth-order valence-corrected chi connectivity index (χ4v) is 2.64. The Kier molecular flexibility index (Phi) is 3.95. The van der Waals surface area contributed by atoms with Gasteiger partial charge in [-0.2, -0.15) is 0 Å². The lowest BCUT2D eigenvalue weighted by molar-refractivity contribution is -0.0616. The highest BCUT2D eigenvalue weighted by atomic mass is 35.5. The summed E-state index contributed by atoms with van der Waals surface area (Å²) in [4.78, 5) is 0. The van der Waals surface area contributed by atoms with Crippen LogP contribution in [0.1, 0.15) is 24.5 Å². The van der Waals surface area contributed by atoms with E-state index in [9.17, 15) is 0 Å². The van der Waals surface area contributed by atoms with Gasteiger partial charge in [0.05, 0.1) is 19.8 Å². The minimum atomic E-state index is 0.136. The van der Waals surface area contributed by atoms with Crippen molar-refractivity contribution in [3.05, 3.63) is 29.3 Å². The summed E-state index contributed by atoms with van der Waals surface area (Å²) in [6.45, 7) is 6.36. The summed E-state index contributed by atoms with van der Waals surface area (Å²) in [6, 6.07) is 6.41. The Hall–Kier alpha value is -0.730. The Balaban J connectivity index is 2.24. The number of aryl methyl sites for hydroxylation is 1. The SMILES string of the molecule is CCOc1ccc(C2(CCCl)COC2)cc1C. The number of alkyl halides is 1. The zero-order valence-corrected chi connectivity index (χ0v) is 11.2. The summed E-state index contributed by atoms with van der Waals surface area (Å²) in [7, 11) is 0. The maximum atomic E-state index is 5.89. The van der Waals surface area contributed by atoms with Gasteiger partial charge in [0.2, 0.25) is 0 Å². The highest BCUT2D eigenvalue weighted by Gasteiger charge is 2.39. The van der Waals surface area contributed by atoms with Crippen molar-refractivity contribution in [2.45, 2.75) is 25.7 Å². The molecule has 1 saturated heterocycles. The number of rotatable bonds is 5. The standard InChI is InChI=1S/C14H19ClO2/c1-3-17-13-5-4-12(8-11(13)2)14(6-7-15)9-16-10-14/h4-5,8H,3,6-7,9-10H2,1-2H3. The maximum absolute atomic E-state index is 5.89. The molecule has 1 aliphatic rings. The van der Waals surface area contributed by atoms with E-state index in [2.05, 4.69) is 25.1 Å². The lowest BCUT2D eigenvalue weighted by Gasteiger charge is -2.42. The van der Waals surface area contributed by atoms with E-state index in [0.717, 1.165) is 25.4 Å². The molecule has 17 heavy (non-hydrogen) atoms. The van der Waals surface area contributed by atoms with E-state index in [1.54, 1.807) is 0 Å². The van der Waals surface area contributed by atoms with Crippen LogP contribution in [0.25, 0.3) is 0 Å². The molecule has 0 saturated carbocycles. The minimum absolute atomic E-state index is 0.136. The molecule has 3 heteroatoms. The van der Waals surface area contributed by atoms with E-state index in [-0.39, 0.29) is 5.41 Å². The van der Waals surface area contributed by atoms with Crippen LogP contribution < -0.4 is 4.74 Å². The van der Waals surface area contributed by atoms with E-state index < -0.39 is 0 Å². The van der Waals surface area contributed by atoms with Gasteiger partial charge < -0.3 is 9.47 Å². The van der Waals surface area contributed by atoms with Gasteiger partial charge in [-0.3, -0.25) is 0 Å². The van der Waals surface area contributed by atoms with Crippen LogP contribution >= 0.6 is 11.6 Å². The molecule has 2 rings (SSSR count). The van der Waals surface area contributed by atoms with Crippen LogP contribution in [0.2, 0.25) is 0 Å². The summed E-state index contributed by atoms with van der Waals surface area (Å²) in [5.41, 5.74) is 2.65. The van der Waals surface area contributed by atoms with E-state index in [0.29, 0.717) is 12.5 Å². The third kappa shape index (κ3) is 2.43. The molecule has 0 radical (unpaired) electrons. The van der Waals surface area contributed by atoms with Gasteiger partial charge in [0.15, 0.2) is 0 Å². The van der Waals surface area contributed by atoms with Crippen molar-refractivity contribution in [3.8, 4) is 5.75 Å². The molecule has 0 unspecified atom stereocenters. The molecule has 0 aromatic heterocycles. The second-order valence-electron chi connectivity index (χ2n) is 4.63. The summed E-state index contributed by atoms with van der Waals surface area (Å²) in [5, 5.41) is 0. The van der Waals surface area contributed by atoms with Crippen LogP contribution in [0.15, 0.2) is 18.2 Å². The van der Waals surface area contributed by atoms with E-state index in [4.69, 9.17) is 21.1 Å². The summed E-state index contributed by atoms with van der Waals surface area (Å²) < 4.78 is 10.9. The van der Waals surface area contributed by atoms with Gasteiger partial charge in [-0.25, -0.2) is 0 Å². The first kappa shape index (κ1) is 12.7. The van der Waals surface area contributed by atoms with Crippen LogP contribution in [0.3, 0.4) is 0 Å². The van der Waals surface area contributed by atoms with E-state index in [1.165, 1.54) is 11.1 Å². The smallest absolute Gasteiger partial charge is 0.122 e. The Bertz CT molecular complexity index is 386. The molecule has 2 nitrogen and oxygen atoms in total. The van der Waals surface area contributed by atoms with Crippen LogP contribution in [0.5, 0.6) is 5.75 Å². The average Bonchev–Trinajstić information content (AvgIpc) is 2.27. The van der Waals surface area contributed by atoms with Crippen molar-refractivity contribution < 1.29 is 9.47 Å². The molecule has 0 aliphatic carbocycles. The van der Waals surface area contributed by atoms with Crippen molar-refractivity contribution >= 4 is 11.6 Å². The predicted molar refractivity (Wildman–Crippen MR) is 70.2 cm³/mol. The summed E-state index contributed by atoms with van der Waals surface area (Å²) in [5.74, 6) is 1.65. The zero-order chi connectivity index (χ0) is 12.3. The Morgan fingerprint density at radius 3 is 2.65 bits per heavy atom. The first-order valence-electron chi connectivity index (χ1n) is 6.09. The first-order valence-corrected chi connectivity index (χ1v) is 6.63. The highest BCUT2D eigenvalue weighted by Crippen LogP contribution is 2.37. The molecule has 1 aliphatic heterocycles. The highest BCUT2D eigenvalue weighted by molar-refractivity contribution is 6.17. The van der Waals surface area contributed by atoms with Crippen LogP contribution in [0, 0.1) is 6.92 Å². The van der Waals surface area contributed by atoms with Crippen LogP contribution in [-0.4, -0.2) is 25.7 Å². The predicted octanol–water partition coefficient (Wildman–Crippen LogP) is 3.29. The number of hydrogen-bond acceptors (Lipinski definition) is 2. The first-order chi connectivity index (χ1) is 8.22. The van der Waals surface area contributed by atoms with E-state index in [1.807, 2.05) is 6.92 Å². The van der Waals surface area contributed by atoms with Gasteiger partial charge >= 0.3 is 0 Å². The normalized spacial score (nSPS) is 17.6. The number of halogens is 1. The third-order valence-electron chi connectivity index (χ3n) is 3.42.